The number of para-hydroxylation sites is 1. The SMILES string of the molecule is COC(=O)[C@H]1[C@H]2C[C@@H]3c4[nH]c5ccccc5c4CCN3C[C@H]2CC[C@H]1O. The van der Waals surface area contributed by atoms with Gasteiger partial charge in [0.2, 0.25) is 0 Å². The number of aromatic nitrogens is 1. The molecule has 5 rings (SSSR count). The highest BCUT2D eigenvalue weighted by Crippen LogP contribution is 2.49. The monoisotopic (exact) mass is 354 g/mol. The quantitative estimate of drug-likeness (QED) is 0.773. The smallest absolute Gasteiger partial charge is 0.311 e. The Morgan fingerprint density at radius 1 is 1.31 bits per heavy atom. The second kappa shape index (κ2) is 6.10. The van der Waals surface area contributed by atoms with Gasteiger partial charge < -0.3 is 14.8 Å². The zero-order chi connectivity index (χ0) is 17.8. The minimum atomic E-state index is -0.568. The van der Waals surface area contributed by atoms with Gasteiger partial charge in [-0.1, -0.05) is 18.2 Å². The van der Waals surface area contributed by atoms with Crippen molar-refractivity contribution in [1.29, 1.82) is 0 Å². The van der Waals surface area contributed by atoms with Crippen LogP contribution in [0.5, 0.6) is 0 Å². The minimum absolute atomic E-state index is 0.199. The zero-order valence-electron chi connectivity index (χ0n) is 15.1. The summed E-state index contributed by atoms with van der Waals surface area (Å²) in [7, 11) is 1.43. The molecule has 138 valence electrons. The van der Waals surface area contributed by atoms with Crippen molar-refractivity contribution in [1.82, 2.24) is 9.88 Å². The molecular formula is C21H26N2O3. The molecule has 1 saturated carbocycles. The number of piperidine rings is 1. The summed E-state index contributed by atoms with van der Waals surface area (Å²) in [4.78, 5) is 18.6. The van der Waals surface area contributed by atoms with E-state index < -0.39 is 6.10 Å². The van der Waals surface area contributed by atoms with Crippen molar-refractivity contribution in [2.75, 3.05) is 20.2 Å². The minimum Gasteiger partial charge on any atom is -0.469 e. The van der Waals surface area contributed by atoms with Crippen LogP contribution >= 0.6 is 0 Å². The molecule has 0 radical (unpaired) electrons. The summed E-state index contributed by atoms with van der Waals surface area (Å²) in [6.45, 7) is 2.10. The van der Waals surface area contributed by atoms with Crippen LogP contribution in [0.1, 0.15) is 36.6 Å². The number of hydrogen-bond donors (Lipinski definition) is 2. The first-order valence-electron chi connectivity index (χ1n) is 9.76. The Bertz CT molecular complexity index is 845. The maximum atomic E-state index is 12.4. The molecule has 1 saturated heterocycles. The van der Waals surface area contributed by atoms with Crippen molar-refractivity contribution in [2.24, 2.45) is 17.8 Å². The average molecular weight is 354 g/mol. The summed E-state index contributed by atoms with van der Waals surface area (Å²) < 4.78 is 5.04. The van der Waals surface area contributed by atoms with Gasteiger partial charge in [0.25, 0.3) is 0 Å². The number of H-pyrrole nitrogens is 1. The molecule has 1 aromatic heterocycles. The Hall–Kier alpha value is -1.85. The van der Waals surface area contributed by atoms with Crippen LogP contribution in [-0.4, -0.2) is 47.3 Å². The fraction of sp³-hybridized carbons (Fsp3) is 0.571. The third-order valence-corrected chi connectivity index (χ3v) is 7.02. The number of fused-ring (bicyclic) bond motifs is 6. The number of methoxy groups -OCH3 is 1. The van der Waals surface area contributed by atoms with E-state index in [2.05, 4.69) is 34.1 Å². The summed E-state index contributed by atoms with van der Waals surface area (Å²) in [5.41, 5.74) is 3.96. The molecule has 26 heavy (non-hydrogen) atoms. The van der Waals surface area contributed by atoms with Gasteiger partial charge in [0.05, 0.1) is 25.2 Å². The van der Waals surface area contributed by atoms with E-state index in [4.69, 9.17) is 4.74 Å². The molecule has 0 unspecified atom stereocenters. The summed E-state index contributed by atoms with van der Waals surface area (Å²) in [6, 6.07) is 8.83. The average Bonchev–Trinajstić information content (AvgIpc) is 3.05. The van der Waals surface area contributed by atoms with E-state index in [1.807, 2.05) is 0 Å². The normalized spacial score (nSPS) is 34.0. The highest BCUT2D eigenvalue weighted by molar-refractivity contribution is 5.85. The van der Waals surface area contributed by atoms with Crippen molar-refractivity contribution in [3.8, 4) is 0 Å². The van der Waals surface area contributed by atoms with Crippen molar-refractivity contribution < 1.29 is 14.6 Å². The molecule has 3 heterocycles. The van der Waals surface area contributed by atoms with E-state index in [0.717, 1.165) is 32.4 Å². The largest absolute Gasteiger partial charge is 0.469 e. The highest BCUT2D eigenvalue weighted by Gasteiger charge is 2.49. The lowest BCUT2D eigenvalue weighted by molar-refractivity contribution is -0.160. The summed E-state index contributed by atoms with van der Waals surface area (Å²) >= 11 is 0. The lowest BCUT2D eigenvalue weighted by atomic mass is 9.65. The Kier molecular flexibility index (Phi) is 3.83. The predicted molar refractivity (Wildman–Crippen MR) is 98.7 cm³/mol. The van der Waals surface area contributed by atoms with Crippen molar-refractivity contribution >= 4 is 16.9 Å². The molecule has 1 aromatic carbocycles. The third kappa shape index (κ3) is 2.33. The van der Waals surface area contributed by atoms with Crippen LogP contribution in [0.25, 0.3) is 10.9 Å². The maximum Gasteiger partial charge on any atom is 0.311 e. The van der Waals surface area contributed by atoms with Crippen LogP contribution in [0.15, 0.2) is 24.3 Å². The van der Waals surface area contributed by atoms with Gasteiger partial charge in [-0.3, -0.25) is 9.69 Å². The number of carbonyl (C=O) groups excluding carboxylic acids is 1. The number of esters is 1. The molecule has 5 heteroatoms. The van der Waals surface area contributed by atoms with E-state index in [9.17, 15) is 9.90 Å². The molecule has 1 aliphatic carbocycles. The Morgan fingerprint density at radius 3 is 3.00 bits per heavy atom. The van der Waals surface area contributed by atoms with Gasteiger partial charge in [0.15, 0.2) is 0 Å². The molecule has 2 N–H and O–H groups in total. The summed E-state index contributed by atoms with van der Waals surface area (Å²) in [5, 5.41) is 11.8. The maximum absolute atomic E-state index is 12.4. The molecule has 3 aliphatic rings. The van der Waals surface area contributed by atoms with Crippen molar-refractivity contribution in [3.05, 3.63) is 35.5 Å². The number of aromatic amines is 1. The second-order valence-electron chi connectivity index (χ2n) is 8.18. The van der Waals surface area contributed by atoms with E-state index >= 15 is 0 Å². The number of hydrogen-bond acceptors (Lipinski definition) is 4. The molecule has 5 nitrogen and oxygen atoms in total. The fourth-order valence-corrected chi connectivity index (χ4v) is 5.80. The molecular weight excluding hydrogens is 328 g/mol. The van der Waals surface area contributed by atoms with Crippen LogP contribution in [0.4, 0.5) is 0 Å². The standard InChI is InChI=1S/C21H26N2O3/c1-26-21(25)19-15-10-17-20-14(13-4-2-3-5-16(13)22-20)8-9-23(17)11-12(15)6-7-18(19)24/h2-5,12,15,17-19,22,24H,6-11H2,1H3/t12-,15+,17-,18-,19+/m1/s1. The molecule has 2 fully saturated rings. The Labute approximate surface area is 153 Å². The number of nitrogens with one attached hydrogen (secondary N) is 1. The lowest BCUT2D eigenvalue weighted by Gasteiger charge is -2.50. The van der Waals surface area contributed by atoms with E-state index in [1.165, 1.54) is 29.3 Å². The number of rotatable bonds is 1. The number of ether oxygens (including phenoxy) is 1. The van der Waals surface area contributed by atoms with Gasteiger partial charge >= 0.3 is 5.97 Å². The first-order valence-corrected chi connectivity index (χ1v) is 9.76. The topological polar surface area (TPSA) is 65.6 Å². The molecule has 5 atom stereocenters. The lowest BCUT2D eigenvalue weighted by Crippen LogP contribution is -2.53. The zero-order valence-corrected chi connectivity index (χ0v) is 15.1. The molecule has 2 aromatic rings. The van der Waals surface area contributed by atoms with Crippen molar-refractivity contribution in [3.63, 3.8) is 0 Å². The van der Waals surface area contributed by atoms with E-state index in [0.29, 0.717) is 18.4 Å². The first-order chi connectivity index (χ1) is 12.7. The Balaban J connectivity index is 1.52. The number of aliphatic hydroxyl groups excluding tert-OH is 1. The van der Waals surface area contributed by atoms with E-state index in [-0.39, 0.29) is 17.8 Å². The number of aliphatic hydroxyl groups is 1. The van der Waals surface area contributed by atoms with Gasteiger partial charge in [-0.05, 0) is 49.1 Å². The number of nitrogens with zero attached hydrogens (tertiary/aromatic N) is 1. The Morgan fingerprint density at radius 2 is 2.15 bits per heavy atom. The number of benzene rings is 1. The van der Waals surface area contributed by atoms with Crippen LogP contribution in [0.3, 0.4) is 0 Å². The highest BCUT2D eigenvalue weighted by atomic mass is 16.5. The van der Waals surface area contributed by atoms with Gasteiger partial charge in [0, 0.05) is 29.7 Å². The molecule has 0 bridgehead atoms. The van der Waals surface area contributed by atoms with Gasteiger partial charge in [0.1, 0.15) is 0 Å². The predicted octanol–water partition coefficient (Wildman–Crippen LogP) is 2.65. The second-order valence-corrected chi connectivity index (χ2v) is 8.18. The molecule has 2 aliphatic heterocycles. The first kappa shape index (κ1) is 16.3. The molecule has 0 spiro atoms. The van der Waals surface area contributed by atoms with Gasteiger partial charge in [-0.2, -0.15) is 0 Å². The third-order valence-electron chi connectivity index (χ3n) is 7.02. The van der Waals surface area contributed by atoms with E-state index in [1.54, 1.807) is 0 Å². The molecule has 0 amide bonds. The van der Waals surface area contributed by atoms with Gasteiger partial charge in [-0.15, -0.1) is 0 Å². The van der Waals surface area contributed by atoms with Crippen LogP contribution in [-0.2, 0) is 16.0 Å². The summed E-state index contributed by atoms with van der Waals surface area (Å²) in [6.07, 6.45) is 3.14. The fourth-order valence-electron chi connectivity index (χ4n) is 5.80. The van der Waals surface area contributed by atoms with Crippen LogP contribution < -0.4 is 0 Å². The van der Waals surface area contributed by atoms with Crippen molar-refractivity contribution in [2.45, 2.75) is 37.8 Å². The van der Waals surface area contributed by atoms with Crippen LogP contribution in [0.2, 0.25) is 0 Å². The summed E-state index contributed by atoms with van der Waals surface area (Å²) in [5.74, 6) is 0.0541. The number of carbonyl (C=O) groups is 1. The van der Waals surface area contributed by atoms with Gasteiger partial charge in [-0.25, -0.2) is 0 Å². The van der Waals surface area contributed by atoms with Crippen LogP contribution in [0, 0.1) is 17.8 Å².